The minimum atomic E-state index is -1.06. The Morgan fingerprint density at radius 1 is 1.00 bits per heavy atom. The molecule has 0 aliphatic rings. The zero-order valence-electron chi connectivity index (χ0n) is 11.8. The molecule has 0 N–H and O–H groups in total. The van der Waals surface area contributed by atoms with E-state index in [1.807, 2.05) is 30.3 Å². The molecule has 0 saturated heterocycles. The normalized spacial score (nSPS) is 14.1. The van der Waals surface area contributed by atoms with Crippen molar-refractivity contribution in [3.05, 3.63) is 91.6 Å². The molecule has 0 heterocycles. The lowest BCUT2D eigenvalue weighted by molar-refractivity contribution is 0.395. The van der Waals surface area contributed by atoms with Crippen molar-refractivity contribution in [3.8, 4) is 0 Å². The third kappa shape index (κ3) is 3.15. The summed E-state index contributed by atoms with van der Waals surface area (Å²) in [5, 5.41) is 8.37. The number of hydrogen-bond donors (Lipinski definition) is 0. The molecule has 0 aliphatic heterocycles. The van der Waals surface area contributed by atoms with Crippen LogP contribution in [0.4, 0.5) is 0 Å². The Hall–Kier alpha value is -2.65. The summed E-state index contributed by atoms with van der Waals surface area (Å²) in [7, 11) is 0. The molecule has 6 nitrogen and oxygen atoms in total. The average molecular weight is 313 g/mol. The Morgan fingerprint density at radius 3 is 2.18 bits per heavy atom. The van der Waals surface area contributed by atoms with Gasteiger partial charge in [0.05, 0.1) is 11.6 Å². The number of nitrogens with zero attached hydrogens (tertiary/aromatic N) is 6. The molecule has 2 atom stereocenters. The predicted molar refractivity (Wildman–Crippen MR) is 86.3 cm³/mol. The van der Waals surface area contributed by atoms with Crippen molar-refractivity contribution >= 4 is 11.6 Å². The van der Waals surface area contributed by atoms with E-state index in [9.17, 15) is 0 Å². The zero-order chi connectivity index (χ0) is 16.0. The summed E-state index contributed by atoms with van der Waals surface area (Å²) in [4.78, 5) is 5.86. The maximum absolute atomic E-state index is 8.98. The lowest BCUT2D eigenvalue weighted by Crippen LogP contribution is -2.26. The van der Waals surface area contributed by atoms with E-state index in [-0.39, 0.29) is 0 Å². The van der Waals surface area contributed by atoms with Crippen molar-refractivity contribution in [2.24, 2.45) is 10.2 Å². The van der Waals surface area contributed by atoms with Crippen LogP contribution in [0.2, 0.25) is 5.02 Å². The summed E-state index contributed by atoms with van der Waals surface area (Å²) in [6.45, 7) is 1.74. The van der Waals surface area contributed by atoms with Gasteiger partial charge in [0.1, 0.15) is 0 Å². The van der Waals surface area contributed by atoms with Gasteiger partial charge in [0.25, 0.3) is 0 Å². The van der Waals surface area contributed by atoms with Crippen LogP contribution in [0, 0.1) is 0 Å². The van der Waals surface area contributed by atoms with Gasteiger partial charge in [-0.25, -0.2) is 0 Å². The first-order valence-electron chi connectivity index (χ1n) is 6.53. The molecule has 22 heavy (non-hydrogen) atoms. The Labute approximate surface area is 132 Å². The van der Waals surface area contributed by atoms with Crippen molar-refractivity contribution in [1.82, 2.24) is 0 Å². The zero-order valence-corrected chi connectivity index (χ0v) is 12.6. The van der Waals surface area contributed by atoms with Gasteiger partial charge < -0.3 is 0 Å². The topological polar surface area (TPSA) is 97.5 Å². The third-order valence-electron chi connectivity index (χ3n) is 3.50. The number of rotatable bonds is 5. The molecule has 2 aromatic rings. The second-order valence-electron chi connectivity index (χ2n) is 4.86. The molecule has 0 bridgehead atoms. The van der Waals surface area contributed by atoms with Crippen LogP contribution in [0.15, 0.2) is 64.8 Å². The second kappa shape index (κ2) is 6.87. The predicted octanol–water partition coefficient (Wildman–Crippen LogP) is 5.92. The molecule has 7 heteroatoms. The highest BCUT2D eigenvalue weighted by atomic mass is 35.5. The van der Waals surface area contributed by atoms with E-state index >= 15 is 0 Å². The average Bonchev–Trinajstić information content (AvgIpc) is 2.54. The van der Waals surface area contributed by atoms with Gasteiger partial charge in [-0.3, -0.25) is 0 Å². The highest BCUT2D eigenvalue weighted by Crippen LogP contribution is 2.41. The van der Waals surface area contributed by atoms with Gasteiger partial charge >= 0.3 is 0 Å². The first-order chi connectivity index (χ1) is 10.6. The third-order valence-corrected chi connectivity index (χ3v) is 3.75. The van der Waals surface area contributed by atoms with Gasteiger partial charge in [0.2, 0.25) is 0 Å². The van der Waals surface area contributed by atoms with Gasteiger partial charge in [-0.2, -0.15) is 0 Å². The Morgan fingerprint density at radius 2 is 1.64 bits per heavy atom. The fourth-order valence-electron chi connectivity index (χ4n) is 2.34. The van der Waals surface area contributed by atoms with Crippen LogP contribution in [0.1, 0.15) is 24.1 Å². The van der Waals surface area contributed by atoms with E-state index < -0.39 is 11.6 Å². The van der Waals surface area contributed by atoms with Crippen LogP contribution >= 0.6 is 11.6 Å². The van der Waals surface area contributed by atoms with Crippen molar-refractivity contribution in [1.29, 1.82) is 0 Å². The summed E-state index contributed by atoms with van der Waals surface area (Å²) in [5.41, 5.74) is 18.3. The molecule has 0 aromatic heterocycles. The van der Waals surface area contributed by atoms with E-state index in [1.165, 1.54) is 0 Å². The van der Waals surface area contributed by atoms with Crippen molar-refractivity contribution in [2.75, 3.05) is 0 Å². The van der Waals surface area contributed by atoms with E-state index in [2.05, 4.69) is 20.1 Å². The molecule has 0 spiro atoms. The van der Waals surface area contributed by atoms with Crippen molar-refractivity contribution < 1.29 is 0 Å². The largest absolute Gasteiger partial charge is 0.0848 e. The van der Waals surface area contributed by atoms with Crippen LogP contribution < -0.4 is 0 Å². The van der Waals surface area contributed by atoms with Crippen molar-refractivity contribution in [3.63, 3.8) is 0 Å². The Balaban J connectivity index is 2.63. The second-order valence-corrected chi connectivity index (χ2v) is 5.30. The molecular weight excluding hydrogens is 300 g/mol. The molecule has 2 aromatic carbocycles. The minimum absolute atomic E-state index is 0.576. The standard InChI is InChI=1S/C15H13ClN6/c1-15(20-22-18,12-7-9-13(16)10-8-12)14(19-21-17)11-5-3-2-4-6-11/h2-10,14H,1H3/t14-,15+/m0/s1. The summed E-state index contributed by atoms with van der Waals surface area (Å²) >= 11 is 5.91. The van der Waals surface area contributed by atoms with Crippen LogP contribution in [-0.4, -0.2) is 0 Å². The van der Waals surface area contributed by atoms with Crippen LogP contribution in [-0.2, 0) is 5.54 Å². The molecule has 110 valence electrons. The molecular formula is C15H13ClN6. The van der Waals surface area contributed by atoms with E-state index in [1.54, 1.807) is 31.2 Å². The highest BCUT2D eigenvalue weighted by Gasteiger charge is 2.36. The summed E-state index contributed by atoms with van der Waals surface area (Å²) < 4.78 is 0. The fraction of sp³-hybridized carbons (Fsp3) is 0.200. The maximum Gasteiger partial charge on any atom is 0.0834 e. The molecule has 0 fully saturated rings. The quantitative estimate of drug-likeness (QED) is 0.372. The number of benzene rings is 2. The van der Waals surface area contributed by atoms with E-state index in [4.69, 9.17) is 22.7 Å². The smallest absolute Gasteiger partial charge is 0.0834 e. The lowest BCUT2D eigenvalue weighted by atomic mass is 9.82. The Bertz CT molecular complexity index is 732. The number of hydrogen-bond acceptors (Lipinski definition) is 2. The molecule has 0 unspecified atom stereocenters. The van der Waals surface area contributed by atoms with E-state index in [0.717, 1.165) is 11.1 Å². The van der Waals surface area contributed by atoms with E-state index in [0.29, 0.717) is 5.02 Å². The summed E-state index contributed by atoms with van der Waals surface area (Å²) in [6.07, 6.45) is 0. The summed E-state index contributed by atoms with van der Waals surface area (Å²) in [6, 6.07) is 15.5. The fourth-order valence-corrected chi connectivity index (χ4v) is 2.47. The minimum Gasteiger partial charge on any atom is -0.0848 e. The van der Waals surface area contributed by atoms with Gasteiger partial charge in [0.15, 0.2) is 0 Å². The molecule has 0 radical (unpaired) electrons. The first kappa shape index (κ1) is 15.7. The SMILES string of the molecule is C[C@@](N=[N+]=[N-])(c1ccc(Cl)cc1)[C@@H](N=[N+]=[N-])c1ccccc1. The lowest BCUT2D eigenvalue weighted by Gasteiger charge is -2.31. The monoisotopic (exact) mass is 312 g/mol. The van der Waals surface area contributed by atoms with Crippen LogP contribution in [0.25, 0.3) is 20.9 Å². The maximum atomic E-state index is 8.98. The first-order valence-corrected chi connectivity index (χ1v) is 6.91. The Kier molecular flexibility index (Phi) is 4.92. The van der Waals surface area contributed by atoms with Gasteiger partial charge in [-0.1, -0.05) is 64.3 Å². The molecule has 2 rings (SSSR count). The van der Waals surface area contributed by atoms with Gasteiger partial charge in [-0.05, 0) is 41.2 Å². The van der Waals surface area contributed by atoms with Crippen LogP contribution in [0.5, 0.6) is 0 Å². The molecule has 0 aliphatic carbocycles. The number of azide groups is 2. The van der Waals surface area contributed by atoms with Gasteiger partial charge in [0, 0.05) is 14.8 Å². The van der Waals surface area contributed by atoms with Crippen molar-refractivity contribution in [2.45, 2.75) is 18.5 Å². The summed E-state index contributed by atoms with van der Waals surface area (Å²) in [5.74, 6) is 0. The molecule has 0 amide bonds. The highest BCUT2D eigenvalue weighted by molar-refractivity contribution is 6.30. The van der Waals surface area contributed by atoms with Crippen LogP contribution in [0.3, 0.4) is 0 Å². The molecule has 0 saturated carbocycles. The number of halogens is 1. The van der Waals surface area contributed by atoms with Gasteiger partial charge in [-0.15, -0.1) is 0 Å².